The molecule has 1 aromatic carbocycles. The highest BCUT2D eigenvalue weighted by molar-refractivity contribution is 7.92. The monoisotopic (exact) mass is 326 g/mol. The number of ether oxygens (including phenoxy) is 1. The molecule has 2 atom stereocenters. The Kier molecular flexibility index (Phi) is 6.26. The lowest BCUT2D eigenvalue weighted by atomic mass is 10.2. The highest BCUT2D eigenvalue weighted by Crippen LogP contribution is 2.04. The summed E-state index contributed by atoms with van der Waals surface area (Å²) in [6, 6.07) is 7.67. The second-order valence-corrected chi connectivity index (χ2v) is 6.18. The smallest absolute Gasteiger partial charge is 0.324 e. The fraction of sp³-hybridized carbons (Fsp3) is 0.286. The molecule has 1 amide bonds. The van der Waals surface area contributed by atoms with Crippen LogP contribution < -0.4 is 10.5 Å². The molecule has 0 aliphatic heterocycles. The molecule has 0 fully saturated rings. The molecule has 1 rings (SSSR count). The van der Waals surface area contributed by atoms with E-state index in [4.69, 9.17) is 10.5 Å². The second kappa shape index (κ2) is 7.71. The first-order chi connectivity index (χ1) is 10.2. The topological polar surface area (TPSA) is 116 Å². The quantitative estimate of drug-likeness (QED) is 0.703. The van der Waals surface area contributed by atoms with E-state index in [0.717, 1.165) is 5.41 Å². The van der Waals surface area contributed by atoms with Gasteiger partial charge in [0, 0.05) is 5.41 Å². The van der Waals surface area contributed by atoms with Crippen LogP contribution in [-0.4, -0.2) is 32.4 Å². The number of carbonyl (C=O) groups excluding carboxylic acids is 2. The van der Waals surface area contributed by atoms with Crippen molar-refractivity contribution in [1.29, 1.82) is 0 Å². The maximum absolute atomic E-state index is 11.8. The van der Waals surface area contributed by atoms with Gasteiger partial charge in [-0.25, -0.2) is 8.42 Å². The van der Waals surface area contributed by atoms with Gasteiger partial charge in [0.1, 0.15) is 6.04 Å². The molecule has 0 aliphatic rings. The Morgan fingerprint density at radius 2 is 1.82 bits per heavy atom. The Balaban J connectivity index is 2.66. The van der Waals surface area contributed by atoms with Crippen molar-refractivity contribution in [1.82, 2.24) is 4.72 Å². The minimum Gasteiger partial charge on any atom is -0.451 e. The van der Waals surface area contributed by atoms with E-state index >= 15 is 0 Å². The average molecular weight is 326 g/mol. The van der Waals surface area contributed by atoms with Crippen LogP contribution >= 0.6 is 0 Å². The van der Waals surface area contributed by atoms with Crippen LogP contribution in [0.25, 0.3) is 6.08 Å². The number of sulfonamides is 1. The van der Waals surface area contributed by atoms with Gasteiger partial charge in [-0.2, -0.15) is 4.72 Å². The second-order valence-electron chi connectivity index (χ2n) is 4.58. The number of benzene rings is 1. The van der Waals surface area contributed by atoms with Crippen LogP contribution in [0.4, 0.5) is 0 Å². The number of nitrogens with one attached hydrogen (secondary N) is 1. The number of rotatable bonds is 7. The molecular formula is C14H18N2O5S. The Hall–Kier alpha value is -2.19. The standard InChI is InChI=1S/C14H18N2O5S/c1-10(14(18)21-11(2)13(15)17)16-22(19,20)9-8-12-6-4-3-5-7-12/h3-11,16H,1-2H3,(H2,15,17)/b9-8+/t10-,11-/m0/s1. The van der Waals surface area contributed by atoms with Crippen molar-refractivity contribution >= 4 is 28.0 Å². The van der Waals surface area contributed by atoms with Gasteiger partial charge in [0.25, 0.3) is 5.91 Å². The van der Waals surface area contributed by atoms with Gasteiger partial charge in [-0.05, 0) is 25.5 Å². The minimum absolute atomic E-state index is 0.699. The first-order valence-corrected chi connectivity index (χ1v) is 8.01. The Labute approximate surface area is 129 Å². The van der Waals surface area contributed by atoms with Gasteiger partial charge in [-0.15, -0.1) is 0 Å². The van der Waals surface area contributed by atoms with E-state index < -0.39 is 34.0 Å². The van der Waals surface area contributed by atoms with E-state index in [9.17, 15) is 18.0 Å². The van der Waals surface area contributed by atoms with Crippen molar-refractivity contribution in [3.05, 3.63) is 41.3 Å². The van der Waals surface area contributed by atoms with E-state index in [1.807, 2.05) is 6.07 Å². The lowest BCUT2D eigenvalue weighted by molar-refractivity contribution is -0.155. The van der Waals surface area contributed by atoms with Gasteiger partial charge >= 0.3 is 5.97 Å². The summed E-state index contributed by atoms with van der Waals surface area (Å²) in [6.07, 6.45) is 0.270. The molecule has 7 nitrogen and oxygen atoms in total. The maximum Gasteiger partial charge on any atom is 0.324 e. The van der Waals surface area contributed by atoms with Crippen molar-refractivity contribution < 1.29 is 22.7 Å². The Morgan fingerprint density at radius 3 is 2.36 bits per heavy atom. The van der Waals surface area contributed by atoms with Gasteiger partial charge in [-0.1, -0.05) is 30.3 Å². The molecule has 3 N–H and O–H groups in total. The molecule has 0 unspecified atom stereocenters. The summed E-state index contributed by atoms with van der Waals surface area (Å²) < 4.78 is 30.5. The molecule has 0 saturated heterocycles. The molecule has 0 saturated carbocycles. The van der Waals surface area contributed by atoms with E-state index in [1.54, 1.807) is 24.3 Å². The molecule has 1 aromatic rings. The van der Waals surface area contributed by atoms with Gasteiger partial charge in [0.05, 0.1) is 0 Å². The first kappa shape index (κ1) is 17.9. The molecule has 0 spiro atoms. The summed E-state index contributed by atoms with van der Waals surface area (Å²) in [5.74, 6) is -1.70. The van der Waals surface area contributed by atoms with Crippen LogP contribution in [-0.2, 0) is 24.3 Å². The van der Waals surface area contributed by atoms with E-state index in [0.29, 0.717) is 5.56 Å². The number of esters is 1. The molecule has 0 radical (unpaired) electrons. The number of hydrogen-bond donors (Lipinski definition) is 2. The molecule has 0 aromatic heterocycles. The van der Waals surface area contributed by atoms with Crippen LogP contribution in [0.15, 0.2) is 35.7 Å². The SMILES string of the molecule is C[C@H](NS(=O)(=O)/C=C/c1ccccc1)C(=O)O[C@@H](C)C(N)=O. The third-order valence-corrected chi connectivity index (χ3v) is 3.80. The van der Waals surface area contributed by atoms with Gasteiger partial charge in [-0.3, -0.25) is 9.59 Å². The number of primary amides is 1. The highest BCUT2D eigenvalue weighted by atomic mass is 32.2. The van der Waals surface area contributed by atoms with Gasteiger partial charge < -0.3 is 10.5 Å². The van der Waals surface area contributed by atoms with Crippen molar-refractivity contribution in [3.8, 4) is 0 Å². The number of nitrogens with two attached hydrogens (primary N) is 1. The molecular weight excluding hydrogens is 308 g/mol. The summed E-state index contributed by atoms with van der Waals surface area (Å²) in [6.45, 7) is 2.61. The van der Waals surface area contributed by atoms with Crippen molar-refractivity contribution in [2.45, 2.75) is 26.0 Å². The lowest BCUT2D eigenvalue weighted by Gasteiger charge is -2.14. The maximum atomic E-state index is 11.8. The Morgan fingerprint density at radius 1 is 1.23 bits per heavy atom. The molecule has 0 heterocycles. The zero-order valence-electron chi connectivity index (χ0n) is 12.2. The first-order valence-electron chi connectivity index (χ1n) is 6.46. The molecule has 0 bridgehead atoms. The van der Waals surface area contributed by atoms with Crippen LogP contribution in [0.3, 0.4) is 0 Å². The number of hydrogen-bond acceptors (Lipinski definition) is 5. The zero-order chi connectivity index (χ0) is 16.8. The normalized spacial score (nSPS) is 14.5. The fourth-order valence-corrected chi connectivity index (χ4v) is 2.40. The molecule has 0 aliphatic carbocycles. The minimum atomic E-state index is -3.83. The molecule has 22 heavy (non-hydrogen) atoms. The van der Waals surface area contributed by atoms with Crippen molar-refractivity contribution in [2.24, 2.45) is 5.73 Å². The highest BCUT2D eigenvalue weighted by Gasteiger charge is 2.23. The van der Waals surface area contributed by atoms with E-state index in [-0.39, 0.29) is 0 Å². The van der Waals surface area contributed by atoms with Crippen molar-refractivity contribution in [2.75, 3.05) is 0 Å². The van der Waals surface area contributed by atoms with Gasteiger partial charge in [0.2, 0.25) is 10.0 Å². The zero-order valence-corrected chi connectivity index (χ0v) is 13.0. The third kappa shape index (κ3) is 6.06. The summed E-state index contributed by atoms with van der Waals surface area (Å²) in [5.41, 5.74) is 5.66. The fourth-order valence-electron chi connectivity index (χ4n) is 1.40. The predicted molar refractivity (Wildman–Crippen MR) is 81.7 cm³/mol. The molecule has 120 valence electrons. The largest absolute Gasteiger partial charge is 0.451 e. The number of amides is 1. The van der Waals surface area contributed by atoms with Crippen LogP contribution in [0.1, 0.15) is 19.4 Å². The van der Waals surface area contributed by atoms with Gasteiger partial charge in [0.15, 0.2) is 6.10 Å². The van der Waals surface area contributed by atoms with Crippen molar-refractivity contribution in [3.63, 3.8) is 0 Å². The third-order valence-electron chi connectivity index (χ3n) is 2.63. The predicted octanol–water partition coefficient (Wildman–Crippen LogP) is 0.382. The average Bonchev–Trinajstić information content (AvgIpc) is 2.45. The summed E-state index contributed by atoms with van der Waals surface area (Å²) in [7, 11) is -3.83. The Bertz CT molecular complexity index is 655. The number of carbonyl (C=O) groups is 2. The lowest BCUT2D eigenvalue weighted by Crippen LogP contribution is -2.41. The van der Waals surface area contributed by atoms with E-state index in [2.05, 4.69) is 4.72 Å². The summed E-state index contributed by atoms with van der Waals surface area (Å²) >= 11 is 0. The molecule has 8 heteroatoms. The van der Waals surface area contributed by atoms with Crippen LogP contribution in [0.5, 0.6) is 0 Å². The van der Waals surface area contributed by atoms with Crippen LogP contribution in [0.2, 0.25) is 0 Å². The van der Waals surface area contributed by atoms with E-state index in [1.165, 1.54) is 19.9 Å². The summed E-state index contributed by atoms with van der Waals surface area (Å²) in [4.78, 5) is 22.4. The summed E-state index contributed by atoms with van der Waals surface area (Å²) in [5, 5.41) is 0.948. The van der Waals surface area contributed by atoms with Crippen LogP contribution in [0, 0.1) is 0 Å².